The maximum absolute atomic E-state index is 5.20. The lowest BCUT2D eigenvalue weighted by Gasteiger charge is -2.03. The Kier molecular flexibility index (Phi) is 10.3. The van der Waals surface area contributed by atoms with Crippen LogP contribution in [0.5, 0.6) is 0 Å². The molecule has 3 nitrogen and oxygen atoms in total. The van der Waals surface area contributed by atoms with E-state index < -0.39 is 0 Å². The minimum absolute atomic E-state index is 0.592. The predicted octanol–water partition coefficient (Wildman–Crippen LogP) is 1.24. The summed E-state index contributed by atoms with van der Waals surface area (Å²) in [7, 11) is 0. The molecule has 0 aromatic heterocycles. The summed E-state index contributed by atoms with van der Waals surface area (Å²) >= 11 is 0. The molecule has 0 saturated heterocycles. The summed E-state index contributed by atoms with van der Waals surface area (Å²) in [5.74, 6) is 0. The highest BCUT2D eigenvalue weighted by Gasteiger charge is 1.87. The van der Waals surface area contributed by atoms with Gasteiger partial charge in [0.1, 0.15) is 0 Å². The fourth-order valence-corrected chi connectivity index (χ4v) is 0.649. The topological polar surface area (TPSA) is 27.7 Å². The van der Waals surface area contributed by atoms with Crippen molar-refractivity contribution >= 4 is 0 Å². The fourth-order valence-electron chi connectivity index (χ4n) is 0.649. The molecule has 0 bridgehead atoms. The van der Waals surface area contributed by atoms with Crippen LogP contribution in [0.2, 0.25) is 0 Å². The van der Waals surface area contributed by atoms with E-state index in [1.165, 1.54) is 0 Å². The van der Waals surface area contributed by atoms with Crippen LogP contribution < -0.4 is 0 Å². The molecule has 0 fully saturated rings. The third-order valence-electron chi connectivity index (χ3n) is 1.18. The number of ether oxygens (including phenoxy) is 3. The van der Waals surface area contributed by atoms with Crippen molar-refractivity contribution in [2.45, 2.75) is 6.92 Å². The largest absolute Gasteiger partial charge is 0.379 e. The number of rotatable bonds is 9. The second-order valence-corrected chi connectivity index (χ2v) is 2.17. The SMILES string of the molecule is C=CCOCCOCCOCC. The van der Waals surface area contributed by atoms with Gasteiger partial charge in [0, 0.05) is 6.61 Å². The Hall–Kier alpha value is -0.380. The van der Waals surface area contributed by atoms with Gasteiger partial charge in [-0.2, -0.15) is 0 Å². The lowest BCUT2D eigenvalue weighted by Crippen LogP contribution is -2.09. The highest BCUT2D eigenvalue weighted by molar-refractivity contribution is 4.63. The second-order valence-electron chi connectivity index (χ2n) is 2.17. The summed E-state index contributed by atoms with van der Waals surface area (Å²) in [6.07, 6.45) is 1.72. The van der Waals surface area contributed by atoms with E-state index in [1.807, 2.05) is 6.92 Å². The summed E-state index contributed by atoms with van der Waals surface area (Å²) in [6, 6.07) is 0. The van der Waals surface area contributed by atoms with Gasteiger partial charge in [0.05, 0.1) is 33.0 Å². The van der Waals surface area contributed by atoms with Gasteiger partial charge < -0.3 is 14.2 Å². The monoisotopic (exact) mass is 174 g/mol. The zero-order valence-corrected chi connectivity index (χ0v) is 7.75. The molecule has 0 aromatic rings. The Bertz CT molecular complexity index is 93.8. The van der Waals surface area contributed by atoms with Crippen molar-refractivity contribution in [3.05, 3.63) is 12.7 Å². The van der Waals surface area contributed by atoms with Crippen LogP contribution in [0.3, 0.4) is 0 Å². The molecule has 72 valence electrons. The van der Waals surface area contributed by atoms with Crippen LogP contribution in [-0.2, 0) is 14.2 Å². The predicted molar refractivity (Wildman–Crippen MR) is 48.3 cm³/mol. The third-order valence-corrected chi connectivity index (χ3v) is 1.18. The molecule has 0 radical (unpaired) electrons. The van der Waals surface area contributed by atoms with Crippen molar-refractivity contribution < 1.29 is 14.2 Å². The smallest absolute Gasteiger partial charge is 0.0704 e. The van der Waals surface area contributed by atoms with E-state index in [0.29, 0.717) is 33.0 Å². The molecule has 0 amide bonds. The van der Waals surface area contributed by atoms with Gasteiger partial charge in [-0.1, -0.05) is 6.08 Å². The lowest BCUT2D eigenvalue weighted by molar-refractivity contribution is 0.0223. The molecule has 0 aromatic carbocycles. The van der Waals surface area contributed by atoms with Crippen LogP contribution in [0.4, 0.5) is 0 Å². The maximum Gasteiger partial charge on any atom is 0.0704 e. The summed E-state index contributed by atoms with van der Waals surface area (Å²) in [5.41, 5.74) is 0. The molecule has 0 aliphatic rings. The second kappa shape index (κ2) is 10.6. The molecule has 12 heavy (non-hydrogen) atoms. The first kappa shape index (κ1) is 11.6. The summed E-state index contributed by atoms with van der Waals surface area (Å²) in [6.45, 7) is 9.39. The molecule has 0 spiro atoms. The quantitative estimate of drug-likeness (QED) is 0.389. The van der Waals surface area contributed by atoms with Crippen LogP contribution in [0.1, 0.15) is 6.92 Å². The lowest BCUT2D eigenvalue weighted by atomic mass is 10.7. The van der Waals surface area contributed by atoms with E-state index in [2.05, 4.69) is 6.58 Å². The number of hydrogen-bond acceptors (Lipinski definition) is 3. The van der Waals surface area contributed by atoms with E-state index >= 15 is 0 Å². The van der Waals surface area contributed by atoms with Crippen molar-refractivity contribution in [1.29, 1.82) is 0 Å². The Morgan fingerprint density at radius 1 is 1.00 bits per heavy atom. The zero-order chi connectivity index (χ0) is 9.07. The minimum Gasteiger partial charge on any atom is -0.379 e. The Balaban J connectivity index is 2.77. The molecular weight excluding hydrogens is 156 g/mol. The van der Waals surface area contributed by atoms with Crippen LogP contribution >= 0.6 is 0 Å². The molecular formula is C9H18O3. The van der Waals surface area contributed by atoms with Crippen molar-refractivity contribution in [2.75, 3.05) is 39.6 Å². The summed E-state index contributed by atoms with van der Waals surface area (Å²) in [4.78, 5) is 0. The van der Waals surface area contributed by atoms with E-state index in [-0.39, 0.29) is 0 Å². The van der Waals surface area contributed by atoms with Gasteiger partial charge in [0.15, 0.2) is 0 Å². The molecule has 0 N–H and O–H groups in total. The van der Waals surface area contributed by atoms with Gasteiger partial charge in [0.2, 0.25) is 0 Å². The first-order valence-corrected chi connectivity index (χ1v) is 4.26. The standard InChI is InChI=1S/C9H18O3/c1-3-5-11-8-9-12-7-6-10-4-2/h3H,1,4-9H2,2H3. The first-order chi connectivity index (χ1) is 5.91. The van der Waals surface area contributed by atoms with Gasteiger partial charge in [-0.25, -0.2) is 0 Å². The molecule has 0 atom stereocenters. The van der Waals surface area contributed by atoms with Crippen molar-refractivity contribution in [1.82, 2.24) is 0 Å². The highest BCUT2D eigenvalue weighted by Crippen LogP contribution is 1.80. The van der Waals surface area contributed by atoms with E-state index in [9.17, 15) is 0 Å². The fraction of sp³-hybridized carbons (Fsp3) is 0.778. The highest BCUT2D eigenvalue weighted by atomic mass is 16.5. The molecule has 0 unspecified atom stereocenters. The normalized spacial score (nSPS) is 10.1. The first-order valence-electron chi connectivity index (χ1n) is 4.26. The Labute approximate surface area is 74.3 Å². The van der Waals surface area contributed by atoms with Gasteiger partial charge in [-0.05, 0) is 6.92 Å². The molecule has 0 aliphatic heterocycles. The van der Waals surface area contributed by atoms with Crippen molar-refractivity contribution in [3.8, 4) is 0 Å². The van der Waals surface area contributed by atoms with Crippen LogP contribution in [0.15, 0.2) is 12.7 Å². The Morgan fingerprint density at radius 2 is 1.58 bits per heavy atom. The summed E-state index contributed by atoms with van der Waals surface area (Å²) < 4.78 is 15.4. The van der Waals surface area contributed by atoms with Crippen LogP contribution in [-0.4, -0.2) is 39.6 Å². The van der Waals surface area contributed by atoms with E-state index in [4.69, 9.17) is 14.2 Å². The van der Waals surface area contributed by atoms with Gasteiger partial charge >= 0.3 is 0 Å². The van der Waals surface area contributed by atoms with Crippen LogP contribution in [0, 0.1) is 0 Å². The van der Waals surface area contributed by atoms with Gasteiger partial charge in [-0.3, -0.25) is 0 Å². The van der Waals surface area contributed by atoms with Gasteiger partial charge in [0.25, 0.3) is 0 Å². The minimum atomic E-state index is 0.592. The molecule has 0 rings (SSSR count). The van der Waals surface area contributed by atoms with Crippen LogP contribution in [0.25, 0.3) is 0 Å². The number of hydrogen-bond donors (Lipinski definition) is 0. The Morgan fingerprint density at radius 3 is 2.17 bits per heavy atom. The molecule has 3 heteroatoms. The molecule has 0 heterocycles. The van der Waals surface area contributed by atoms with Crippen molar-refractivity contribution in [3.63, 3.8) is 0 Å². The summed E-state index contributed by atoms with van der Waals surface area (Å²) in [5, 5.41) is 0. The molecule has 0 aliphatic carbocycles. The van der Waals surface area contributed by atoms with Gasteiger partial charge in [-0.15, -0.1) is 6.58 Å². The average Bonchev–Trinajstić information content (AvgIpc) is 2.10. The van der Waals surface area contributed by atoms with E-state index in [0.717, 1.165) is 6.61 Å². The third kappa shape index (κ3) is 9.62. The average molecular weight is 174 g/mol. The zero-order valence-electron chi connectivity index (χ0n) is 7.75. The maximum atomic E-state index is 5.20. The van der Waals surface area contributed by atoms with Crippen molar-refractivity contribution in [2.24, 2.45) is 0 Å². The van der Waals surface area contributed by atoms with E-state index in [1.54, 1.807) is 6.08 Å². The molecule has 0 saturated carbocycles.